The third-order valence-electron chi connectivity index (χ3n) is 3.14. The van der Waals surface area contributed by atoms with Crippen molar-refractivity contribution in [1.82, 2.24) is 5.32 Å². The molecule has 0 unspecified atom stereocenters. The SMILES string of the molecule is COC(=O)NC(=O)CN1CCCc2c(N)cccc21. The number of nitrogens with zero attached hydrogens (tertiary/aromatic N) is 1. The van der Waals surface area contributed by atoms with Crippen molar-refractivity contribution in [3.8, 4) is 0 Å². The van der Waals surface area contributed by atoms with Crippen LogP contribution in [0, 0.1) is 0 Å². The number of nitrogens with one attached hydrogen (secondary N) is 1. The molecule has 6 heteroatoms. The lowest BCUT2D eigenvalue weighted by atomic mass is 10.00. The van der Waals surface area contributed by atoms with Crippen LogP contribution in [0.25, 0.3) is 0 Å². The van der Waals surface area contributed by atoms with Crippen molar-refractivity contribution in [3.63, 3.8) is 0 Å². The smallest absolute Gasteiger partial charge is 0.413 e. The van der Waals surface area contributed by atoms with E-state index in [1.54, 1.807) is 0 Å². The molecule has 3 N–H and O–H groups in total. The van der Waals surface area contributed by atoms with Gasteiger partial charge in [-0.1, -0.05) is 6.07 Å². The van der Waals surface area contributed by atoms with E-state index < -0.39 is 6.09 Å². The van der Waals surface area contributed by atoms with Crippen LogP contribution in [0.4, 0.5) is 16.2 Å². The van der Waals surface area contributed by atoms with Crippen molar-refractivity contribution in [3.05, 3.63) is 23.8 Å². The van der Waals surface area contributed by atoms with Crippen LogP contribution in [0.5, 0.6) is 0 Å². The van der Waals surface area contributed by atoms with Gasteiger partial charge in [-0.3, -0.25) is 10.1 Å². The molecule has 0 radical (unpaired) electrons. The minimum absolute atomic E-state index is 0.117. The monoisotopic (exact) mass is 263 g/mol. The third kappa shape index (κ3) is 2.96. The highest BCUT2D eigenvalue weighted by molar-refractivity contribution is 5.94. The zero-order valence-electron chi connectivity index (χ0n) is 10.8. The Morgan fingerprint density at radius 3 is 3.00 bits per heavy atom. The maximum Gasteiger partial charge on any atom is 0.413 e. The van der Waals surface area contributed by atoms with Crippen molar-refractivity contribution in [2.24, 2.45) is 0 Å². The molecule has 0 fully saturated rings. The molecule has 0 bridgehead atoms. The van der Waals surface area contributed by atoms with E-state index >= 15 is 0 Å². The fourth-order valence-corrected chi connectivity index (χ4v) is 2.27. The second kappa shape index (κ2) is 5.60. The first-order chi connectivity index (χ1) is 9.11. The number of alkyl carbamates (subject to hydrolysis) is 1. The van der Waals surface area contributed by atoms with E-state index in [2.05, 4.69) is 10.1 Å². The summed E-state index contributed by atoms with van der Waals surface area (Å²) in [5.41, 5.74) is 8.71. The molecule has 1 aromatic rings. The molecule has 1 aromatic carbocycles. The quantitative estimate of drug-likeness (QED) is 0.774. The lowest BCUT2D eigenvalue weighted by Crippen LogP contribution is -2.42. The van der Waals surface area contributed by atoms with Crippen LogP contribution in [-0.2, 0) is 16.0 Å². The van der Waals surface area contributed by atoms with Gasteiger partial charge in [-0.05, 0) is 30.5 Å². The van der Waals surface area contributed by atoms with E-state index in [0.717, 1.165) is 36.3 Å². The summed E-state index contributed by atoms with van der Waals surface area (Å²) in [6.07, 6.45) is 1.11. The van der Waals surface area contributed by atoms with Gasteiger partial charge in [0.1, 0.15) is 0 Å². The summed E-state index contributed by atoms with van der Waals surface area (Å²) in [4.78, 5) is 24.6. The summed E-state index contributed by atoms with van der Waals surface area (Å²) >= 11 is 0. The minimum atomic E-state index is -0.741. The normalized spacial score (nSPS) is 13.6. The van der Waals surface area contributed by atoms with Crippen LogP contribution < -0.4 is 16.0 Å². The number of anilines is 2. The Labute approximate surface area is 111 Å². The third-order valence-corrected chi connectivity index (χ3v) is 3.14. The van der Waals surface area contributed by atoms with Gasteiger partial charge in [0.2, 0.25) is 5.91 Å². The predicted octanol–water partition coefficient (Wildman–Crippen LogP) is 0.904. The molecule has 102 valence electrons. The molecule has 1 aliphatic rings. The zero-order valence-corrected chi connectivity index (χ0v) is 10.8. The Hall–Kier alpha value is -2.24. The van der Waals surface area contributed by atoms with Crippen LogP contribution in [0.15, 0.2) is 18.2 Å². The predicted molar refractivity (Wildman–Crippen MR) is 71.9 cm³/mol. The molecular weight excluding hydrogens is 246 g/mol. The molecular formula is C13H17N3O3. The number of nitrogen functional groups attached to an aromatic ring is 1. The maximum absolute atomic E-state index is 11.7. The molecule has 2 rings (SSSR count). The van der Waals surface area contributed by atoms with E-state index in [4.69, 9.17) is 5.73 Å². The Bertz CT molecular complexity index is 502. The van der Waals surface area contributed by atoms with Crippen molar-refractivity contribution in [2.75, 3.05) is 30.8 Å². The second-order valence-corrected chi connectivity index (χ2v) is 4.41. The Morgan fingerprint density at radius 2 is 2.26 bits per heavy atom. The van der Waals surface area contributed by atoms with Gasteiger partial charge >= 0.3 is 6.09 Å². The Morgan fingerprint density at radius 1 is 1.47 bits per heavy atom. The lowest BCUT2D eigenvalue weighted by Gasteiger charge is -2.31. The number of hydrogen-bond donors (Lipinski definition) is 2. The number of carbonyl (C=O) groups is 2. The molecule has 1 aliphatic heterocycles. The summed E-state index contributed by atoms with van der Waals surface area (Å²) in [5.74, 6) is -0.387. The van der Waals surface area contributed by atoms with Gasteiger partial charge < -0.3 is 15.4 Å². The summed E-state index contributed by atoms with van der Waals surface area (Å²) in [7, 11) is 1.22. The van der Waals surface area contributed by atoms with Gasteiger partial charge in [0.15, 0.2) is 0 Å². The molecule has 0 spiro atoms. The average Bonchev–Trinajstić information content (AvgIpc) is 2.39. The van der Waals surface area contributed by atoms with Gasteiger partial charge in [-0.15, -0.1) is 0 Å². The number of fused-ring (bicyclic) bond motifs is 1. The van der Waals surface area contributed by atoms with Crippen LogP contribution >= 0.6 is 0 Å². The molecule has 19 heavy (non-hydrogen) atoms. The Kier molecular flexibility index (Phi) is 3.89. The molecule has 2 amide bonds. The maximum atomic E-state index is 11.7. The van der Waals surface area contributed by atoms with Crippen LogP contribution in [0.3, 0.4) is 0 Å². The van der Waals surface area contributed by atoms with Gasteiger partial charge in [0.25, 0.3) is 0 Å². The molecule has 0 saturated carbocycles. The highest BCUT2D eigenvalue weighted by Crippen LogP contribution is 2.30. The van der Waals surface area contributed by atoms with Gasteiger partial charge in [0.05, 0.1) is 13.7 Å². The van der Waals surface area contributed by atoms with Gasteiger partial charge in [-0.25, -0.2) is 4.79 Å². The molecule has 6 nitrogen and oxygen atoms in total. The number of hydrogen-bond acceptors (Lipinski definition) is 5. The standard InChI is InChI=1S/C13H17N3O3/c1-19-13(18)15-12(17)8-16-7-3-4-9-10(14)5-2-6-11(9)16/h2,5-6H,3-4,7-8,14H2,1H3,(H,15,17,18). The van der Waals surface area contributed by atoms with Gasteiger partial charge in [-0.2, -0.15) is 0 Å². The number of carbonyl (C=O) groups excluding carboxylic acids is 2. The van der Waals surface area contributed by atoms with Gasteiger partial charge in [0, 0.05) is 17.9 Å². The highest BCUT2D eigenvalue weighted by Gasteiger charge is 2.21. The molecule has 1 heterocycles. The first kappa shape index (κ1) is 13.2. The summed E-state index contributed by atoms with van der Waals surface area (Å²) < 4.78 is 4.39. The second-order valence-electron chi connectivity index (χ2n) is 4.41. The first-order valence-electron chi connectivity index (χ1n) is 6.12. The van der Waals surface area contributed by atoms with Crippen molar-refractivity contribution >= 4 is 23.4 Å². The number of nitrogens with two attached hydrogens (primary N) is 1. The zero-order chi connectivity index (χ0) is 13.8. The number of methoxy groups -OCH3 is 1. The topological polar surface area (TPSA) is 84.7 Å². The summed E-state index contributed by atoms with van der Waals surface area (Å²) in [6, 6.07) is 5.66. The number of benzene rings is 1. The first-order valence-corrected chi connectivity index (χ1v) is 6.12. The highest BCUT2D eigenvalue weighted by atomic mass is 16.5. The van der Waals surface area contributed by atoms with Crippen molar-refractivity contribution < 1.29 is 14.3 Å². The minimum Gasteiger partial charge on any atom is -0.453 e. The Balaban J connectivity index is 2.10. The molecule has 0 atom stereocenters. The fourth-order valence-electron chi connectivity index (χ4n) is 2.27. The van der Waals surface area contributed by atoms with Crippen LogP contribution in [0.1, 0.15) is 12.0 Å². The van der Waals surface area contributed by atoms with E-state index in [-0.39, 0.29) is 12.5 Å². The lowest BCUT2D eigenvalue weighted by molar-refractivity contribution is -0.119. The van der Waals surface area contributed by atoms with E-state index in [9.17, 15) is 9.59 Å². The largest absolute Gasteiger partial charge is 0.453 e. The molecule has 0 saturated heterocycles. The summed E-state index contributed by atoms with van der Waals surface area (Å²) in [6.45, 7) is 0.886. The average molecular weight is 263 g/mol. The van der Waals surface area contributed by atoms with Crippen LogP contribution in [0.2, 0.25) is 0 Å². The molecule has 0 aromatic heterocycles. The van der Waals surface area contributed by atoms with E-state index in [0.29, 0.717) is 0 Å². The summed E-state index contributed by atoms with van der Waals surface area (Å²) in [5, 5.41) is 2.15. The number of imide groups is 1. The fraction of sp³-hybridized carbons (Fsp3) is 0.385. The van der Waals surface area contributed by atoms with E-state index in [1.807, 2.05) is 23.1 Å². The van der Waals surface area contributed by atoms with Crippen molar-refractivity contribution in [2.45, 2.75) is 12.8 Å². The molecule has 0 aliphatic carbocycles. The number of ether oxygens (including phenoxy) is 1. The van der Waals surface area contributed by atoms with E-state index in [1.165, 1.54) is 7.11 Å². The van der Waals surface area contributed by atoms with Crippen molar-refractivity contribution in [1.29, 1.82) is 0 Å². The number of rotatable bonds is 2. The van der Waals surface area contributed by atoms with Crippen LogP contribution in [-0.4, -0.2) is 32.2 Å². The number of amides is 2.